The first-order valence-corrected chi connectivity index (χ1v) is 32.8. The van der Waals surface area contributed by atoms with Crippen LogP contribution in [0.15, 0.2) is 298 Å². The number of ketones is 3. The Morgan fingerprint density at radius 1 is 0.577 bits per heavy atom. The molecule has 2 atom stereocenters. The minimum atomic E-state index is -0.861. The van der Waals surface area contributed by atoms with Crippen LogP contribution < -0.4 is 5.73 Å². The van der Waals surface area contributed by atoms with Crippen molar-refractivity contribution < 1.29 is 28.7 Å². The number of hydrogen-bond acceptors (Lipinski definition) is 16. The van der Waals surface area contributed by atoms with Crippen LogP contribution in [0, 0.1) is 17.9 Å². The van der Waals surface area contributed by atoms with Crippen LogP contribution in [0.3, 0.4) is 0 Å². The highest BCUT2D eigenvalue weighted by Gasteiger charge is 2.32. The topological polar surface area (TPSA) is 273 Å². The number of nitrogen functional groups attached to an aromatic ring is 1. The van der Waals surface area contributed by atoms with E-state index in [0.717, 1.165) is 94.5 Å². The van der Waals surface area contributed by atoms with Crippen LogP contribution >= 0.6 is 0 Å². The van der Waals surface area contributed by atoms with Gasteiger partial charge in [-0.15, -0.1) is 0 Å². The lowest BCUT2D eigenvalue weighted by Gasteiger charge is -2.20. The van der Waals surface area contributed by atoms with Crippen molar-refractivity contribution in [2.45, 2.75) is 45.6 Å². The van der Waals surface area contributed by atoms with Gasteiger partial charge in [0.2, 0.25) is 5.78 Å². The monoisotopic (exact) mass is 1370 g/mol. The second kappa shape index (κ2) is 36.1. The quantitative estimate of drug-likeness (QED) is 0.0470. The fraction of sp³-hybridized carbons (Fsp3) is 0.0941. The first-order chi connectivity index (χ1) is 50.8. The van der Waals surface area contributed by atoms with Gasteiger partial charge in [-0.25, -0.2) is 6.57 Å². The van der Waals surface area contributed by atoms with Crippen molar-refractivity contribution >= 4 is 62.4 Å². The van der Waals surface area contributed by atoms with Gasteiger partial charge in [-0.2, -0.15) is 20.1 Å². The molecule has 6 aromatic carbocycles. The predicted molar refractivity (Wildman–Crippen MR) is 403 cm³/mol. The first-order valence-electron chi connectivity index (χ1n) is 32.8. The maximum Gasteiger partial charge on any atom is 0.320 e. The molecule has 14 aromatic rings. The number of fused-ring (bicyclic) bond motifs is 3. The average molecular weight is 1370 g/mol. The van der Waals surface area contributed by atoms with Gasteiger partial charge in [0, 0.05) is 118 Å². The van der Waals surface area contributed by atoms with Gasteiger partial charge in [-0.3, -0.25) is 63.8 Å². The zero-order valence-electron chi connectivity index (χ0n) is 57.2. The number of hydrogen-bond donors (Lipinski definition) is 2. The number of H-pyrrole nitrogens is 1. The molecule has 3 N–H and O–H groups in total. The zero-order valence-corrected chi connectivity index (χ0v) is 57.2. The summed E-state index contributed by atoms with van der Waals surface area (Å²) in [5.41, 5.74) is 22.6. The molecule has 510 valence electrons. The number of nitriles is 1. The van der Waals surface area contributed by atoms with Gasteiger partial charge in [0.15, 0.2) is 11.6 Å². The molecule has 0 radical (unpaired) electrons. The van der Waals surface area contributed by atoms with Gasteiger partial charge in [-0.1, -0.05) is 151 Å². The summed E-state index contributed by atoms with van der Waals surface area (Å²) >= 11 is 0. The normalized spacial score (nSPS) is 11.5. The SMILES string of the molecule is CC(=O)c1ccncc1.CC1=C(c2ccc3ncccc3c2)C(=O)n2nc(-c3ccncc3)c(-c3ccccc3)c2C1.COC(=O)C(C(C)=O)c1ccc2ncccc2c1.N#CCc1ccccc1.Nc1n[nH]c(-c2ccncc2)c1-c1ccccc1.[C-]#[N+]C(C(=O)c1ccncc1)c1ccccc1. The summed E-state index contributed by atoms with van der Waals surface area (Å²) in [6.07, 6.45) is 18.0. The van der Waals surface area contributed by atoms with Gasteiger partial charge in [-0.05, 0) is 134 Å². The number of anilines is 1. The molecule has 19 nitrogen and oxygen atoms in total. The summed E-state index contributed by atoms with van der Waals surface area (Å²) in [4.78, 5) is 87.5. The summed E-state index contributed by atoms with van der Waals surface area (Å²) in [5.74, 6) is -1.33. The van der Waals surface area contributed by atoms with Gasteiger partial charge in [0.25, 0.3) is 5.91 Å². The van der Waals surface area contributed by atoms with Crippen molar-refractivity contribution in [3.63, 3.8) is 0 Å². The molecule has 8 aromatic heterocycles. The highest BCUT2D eigenvalue weighted by Crippen LogP contribution is 2.40. The Kier molecular flexibility index (Phi) is 25.2. The molecule has 1 aliphatic heterocycles. The number of carbonyl (C=O) groups excluding carboxylic acids is 5. The Hall–Kier alpha value is -14.2. The standard InChI is InChI=1S/C28H20N4O.C14H12N4.C14H10N2O.C14H13NO3.C8H7N.C7H7NO/c1-18-16-24-26(19-6-3-2-4-7-19)27(20-11-14-29-15-12-20)31-32(24)28(33)25(18)22-9-10-23-21(17-22)8-5-13-30-23;15-14-12(10-4-2-1-3-5-10)13(17-18-14)11-6-8-16-9-7-11;1-15-13(11-5-3-2-4-6-11)14(17)12-7-9-16-10-8-12;1-9(16)13(14(17)18-2)11-5-6-12-10(8-11)4-3-7-15-12;9-7-6-8-4-2-1-3-5-8;1-6(9)7-2-4-8-5-3-7/h2-15,17H,16H2,1H3;1-9H,(H3,15,17,18);2-10,13H;3-8,13H,1-2H3;1-5H,6H2;2-5H,1H3. The van der Waals surface area contributed by atoms with Gasteiger partial charge >= 0.3 is 12.0 Å². The number of allylic oxidation sites excluding steroid dienone is 2. The summed E-state index contributed by atoms with van der Waals surface area (Å²) < 4.78 is 6.26. The number of rotatable bonds is 13. The van der Waals surface area contributed by atoms with Crippen LogP contribution in [-0.4, -0.2) is 86.2 Å². The number of benzene rings is 6. The third kappa shape index (κ3) is 18.4. The Morgan fingerprint density at radius 2 is 1.09 bits per heavy atom. The second-order valence-corrected chi connectivity index (χ2v) is 23.4. The number of nitrogens with zero attached hydrogens (tertiary/aromatic N) is 11. The minimum absolute atomic E-state index is 0.0809. The Labute approximate surface area is 601 Å². The molecule has 2 unspecified atom stereocenters. The van der Waals surface area contributed by atoms with E-state index < -0.39 is 17.9 Å². The molecule has 0 spiro atoms. The Bertz CT molecular complexity index is 5360. The van der Waals surface area contributed by atoms with Crippen molar-refractivity contribution in [1.82, 2.24) is 49.9 Å². The summed E-state index contributed by atoms with van der Waals surface area (Å²) in [7, 11) is 1.28. The van der Waals surface area contributed by atoms with E-state index in [1.165, 1.54) is 21.0 Å². The van der Waals surface area contributed by atoms with Crippen LogP contribution in [0.5, 0.6) is 0 Å². The molecule has 0 saturated carbocycles. The summed E-state index contributed by atoms with van der Waals surface area (Å²) in [5, 5.41) is 22.1. The van der Waals surface area contributed by atoms with Crippen LogP contribution in [0.4, 0.5) is 5.82 Å². The lowest BCUT2D eigenvalue weighted by atomic mass is 9.90. The van der Waals surface area contributed by atoms with Crippen LogP contribution in [0.25, 0.3) is 77.0 Å². The van der Waals surface area contributed by atoms with Gasteiger partial charge in [0.05, 0.1) is 47.6 Å². The lowest BCUT2D eigenvalue weighted by Crippen LogP contribution is -2.23. The lowest BCUT2D eigenvalue weighted by molar-refractivity contribution is -0.145. The Morgan fingerprint density at radius 3 is 1.62 bits per heavy atom. The van der Waals surface area contributed by atoms with E-state index in [1.807, 2.05) is 171 Å². The molecule has 104 heavy (non-hydrogen) atoms. The fourth-order valence-corrected chi connectivity index (χ4v) is 11.4. The third-order valence-corrected chi connectivity index (χ3v) is 16.5. The van der Waals surface area contributed by atoms with E-state index in [-0.39, 0.29) is 23.3 Å². The summed E-state index contributed by atoms with van der Waals surface area (Å²) in [6.45, 7) is 12.1. The van der Waals surface area contributed by atoms with Gasteiger partial charge < -0.3 is 10.5 Å². The van der Waals surface area contributed by atoms with E-state index in [9.17, 15) is 24.0 Å². The number of Topliss-reactive ketones (excluding diaryl/α,β-unsaturated/α-hetero) is 3. The fourth-order valence-electron chi connectivity index (χ4n) is 11.4. The average Bonchev–Trinajstić information content (AvgIpc) is 1.54. The number of ether oxygens (including phenoxy) is 1. The number of pyridine rings is 6. The van der Waals surface area contributed by atoms with E-state index in [2.05, 4.69) is 67.9 Å². The smallest absolute Gasteiger partial charge is 0.320 e. The highest BCUT2D eigenvalue weighted by molar-refractivity contribution is 6.23. The second-order valence-electron chi connectivity index (χ2n) is 23.4. The number of aromatic nitrogens is 10. The van der Waals surface area contributed by atoms with Crippen molar-refractivity contribution in [2.75, 3.05) is 12.8 Å². The largest absolute Gasteiger partial charge is 0.468 e. The number of nitrogens with one attached hydrogen (secondary N) is 1. The zero-order chi connectivity index (χ0) is 73.2. The van der Waals surface area contributed by atoms with Crippen LogP contribution in [-0.2, 0) is 27.2 Å². The molecule has 15 rings (SSSR count). The molecular formula is C85H69N13O6. The van der Waals surface area contributed by atoms with E-state index in [0.29, 0.717) is 40.9 Å². The molecule has 0 amide bonds. The molecule has 19 heteroatoms. The minimum Gasteiger partial charge on any atom is -0.468 e. The Balaban J connectivity index is 0.000000142. The number of esters is 1. The molecule has 1 aliphatic rings. The van der Waals surface area contributed by atoms with Crippen LogP contribution in [0.2, 0.25) is 0 Å². The van der Waals surface area contributed by atoms with Crippen molar-refractivity contribution in [3.8, 4) is 50.8 Å². The molecule has 0 fully saturated rings. The third-order valence-electron chi connectivity index (χ3n) is 16.5. The molecule has 0 saturated heterocycles. The summed E-state index contributed by atoms with van der Waals surface area (Å²) in [6, 6.07) is 73.6. The van der Waals surface area contributed by atoms with E-state index in [1.54, 1.807) is 121 Å². The number of nitrogens with two attached hydrogens (primary N) is 1. The van der Waals surface area contributed by atoms with E-state index in [4.69, 9.17) is 22.7 Å². The van der Waals surface area contributed by atoms with Crippen LogP contribution in [0.1, 0.15) is 86.2 Å². The maximum atomic E-state index is 13.8. The number of methoxy groups -OCH3 is 1. The first kappa shape index (κ1) is 72.6. The van der Waals surface area contributed by atoms with Crippen molar-refractivity contribution in [1.29, 1.82) is 5.26 Å². The number of aromatic amines is 1. The highest BCUT2D eigenvalue weighted by atomic mass is 16.5. The molecule has 0 bridgehead atoms. The molecule has 0 aliphatic carbocycles. The predicted octanol–water partition coefficient (Wildman–Crippen LogP) is 16.6. The molecule has 9 heterocycles. The van der Waals surface area contributed by atoms with Gasteiger partial charge in [0.1, 0.15) is 17.4 Å². The van der Waals surface area contributed by atoms with Crippen molar-refractivity contribution in [3.05, 3.63) is 349 Å². The van der Waals surface area contributed by atoms with Crippen molar-refractivity contribution in [2.24, 2.45) is 0 Å². The maximum absolute atomic E-state index is 13.8. The molecular weight excluding hydrogens is 1300 g/mol. The number of carbonyl (C=O) groups is 5. The van der Waals surface area contributed by atoms with E-state index >= 15 is 0 Å².